The fraction of sp³-hybridized carbons (Fsp3) is 0.355. The van der Waals surface area contributed by atoms with Crippen molar-refractivity contribution in [2.75, 3.05) is 32.7 Å². The zero-order valence-corrected chi connectivity index (χ0v) is 45.2. The molecule has 0 aliphatic carbocycles. The van der Waals surface area contributed by atoms with E-state index in [0.717, 1.165) is 16.7 Å². The van der Waals surface area contributed by atoms with Gasteiger partial charge in [-0.2, -0.15) is 4.79 Å². The van der Waals surface area contributed by atoms with Crippen LogP contribution in [0.4, 0.5) is 4.79 Å². The van der Waals surface area contributed by atoms with Crippen molar-refractivity contribution >= 4 is 47.4 Å². The van der Waals surface area contributed by atoms with Crippen molar-refractivity contribution < 1.29 is 33.2 Å². The number of carbonyl (C=O) groups is 4. The van der Waals surface area contributed by atoms with Crippen LogP contribution in [0.2, 0.25) is 0 Å². The third kappa shape index (κ3) is 13.6. The molecular formula is C62H72N3O6S2+. The molecule has 7 rings (SSSR count). The minimum Gasteiger partial charge on any atom is -0.414 e. The topological polar surface area (TPSA) is 102 Å². The molecule has 0 bridgehead atoms. The van der Waals surface area contributed by atoms with E-state index in [1.54, 1.807) is 0 Å². The highest BCUT2D eigenvalue weighted by Crippen LogP contribution is 2.55. The maximum Gasteiger partial charge on any atom is 0.516 e. The Labute approximate surface area is 442 Å². The molecule has 1 saturated heterocycles. The summed E-state index contributed by atoms with van der Waals surface area (Å²) in [5.74, 6) is -1.69. The van der Waals surface area contributed by atoms with Gasteiger partial charge in [0.2, 0.25) is 0 Å². The predicted octanol–water partition coefficient (Wildman–Crippen LogP) is 13.1. The Morgan fingerprint density at radius 1 is 0.521 bits per heavy atom. The first kappa shape index (κ1) is 54.8. The third-order valence-electron chi connectivity index (χ3n) is 13.1. The number of hydrogen-bond donors (Lipinski definition) is 1. The molecule has 6 aromatic carbocycles. The molecule has 1 unspecified atom stereocenters. The molecule has 1 fully saturated rings. The maximum absolute atomic E-state index is 15.3. The first-order valence-corrected chi connectivity index (χ1v) is 27.1. The number of carbonyl (C=O) groups excluding carboxylic acids is 4. The van der Waals surface area contributed by atoms with Gasteiger partial charge in [0.1, 0.15) is 18.7 Å². The van der Waals surface area contributed by atoms with Crippen molar-refractivity contribution in [1.29, 1.82) is 0 Å². The van der Waals surface area contributed by atoms with Crippen molar-refractivity contribution in [1.82, 2.24) is 10.4 Å². The van der Waals surface area contributed by atoms with E-state index >= 15 is 4.79 Å². The molecule has 11 heteroatoms. The van der Waals surface area contributed by atoms with Crippen LogP contribution in [0.15, 0.2) is 182 Å². The van der Waals surface area contributed by atoms with E-state index in [2.05, 4.69) is 197 Å². The zero-order valence-electron chi connectivity index (χ0n) is 43.6. The summed E-state index contributed by atoms with van der Waals surface area (Å²) in [4.78, 5) is 58.3. The standard InChI is InChI=1S/C62H72N3O6S2/c1-58(2,3)70-57(69)65(44-27-26-40-56(68)71-64-54(66)41-42-55(64)67,47-60(6,7)73-62(51-34-20-11-21-35-51,52-36-22-12-23-37-52)53-38-24-13-25-39-53)45-43-63-46-59(4,5)72-61(48-28-14-8-15-29-48,49-30-16-9-17-31-49)50-32-18-10-19-33-50/h8-25,28-39,63H,26-27,40-47H2,1-7H3/q+1. The summed E-state index contributed by atoms with van der Waals surface area (Å²) in [5.41, 5.74) is 6.12. The van der Waals surface area contributed by atoms with Gasteiger partial charge >= 0.3 is 12.1 Å². The van der Waals surface area contributed by atoms with Gasteiger partial charge < -0.3 is 14.9 Å². The van der Waals surface area contributed by atoms with Gasteiger partial charge in [0.15, 0.2) is 0 Å². The minimum absolute atomic E-state index is 0.0216. The van der Waals surface area contributed by atoms with Crippen LogP contribution in [0.3, 0.4) is 0 Å². The Balaban J connectivity index is 1.23. The Bertz CT molecular complexity index is 2530. The summed E-state index contributed by atoms with van der Waals surface area (Å²) >= 11 is 3.75. The van der Waals surface area contributed by atoms with Crippen molar-refractivity contribution in [3.05, 3.63) is 215 Å². The lowest BCUT2D eigenvalue weighted by atomic mass is 9.84. The van der Waals surface area contributed by atoms with Gasteiger partial charge in [0.25, 0.3) is 11.8 Å². The van der Waals surface area contributed by atoms with Crippen LogP contribution in [-0.2, 0) is 33.5 Å². The van der Waals surface area contributed by atoms with E-state index in [1.807, 2.05) is 62.5 Å². The SMILES string of the molecule is CC(C)(C)OC(=O)[N+](CCCCC(=O)ON1C(=O)CCC1=O)(CCNCC(C)(C)SC(c1ccccc1)(c1ccccc1)c1ccccc1)CC(C)(C)SC(c1ccccc1)(c1ccccc1)c1ccccc1. The molecule has 73 heavy (non-hydrogen) atoms. The highest BCUT2D eigenvalue weighted by Gasteiger charge is 2.50. The zero-order chi connectivity index (χ0) is 52.2. The molecule has 0 aromatic heterocycles. The molecule has 1 N–H and O–H groups in total. The van der Waals surface area contributed by atoms with E-state index in [0.29, 0.717) is 50.6 Å². The van der Waals surface area contributed by atoms with Crippen LogP contribution in [0.1, 0.15) is 114 Å². The second-order valence-corrected chi connectivity index (χ2v) is 25.0. The van der Waals surface area contributed by atoms with Crippen molar-refractivity contribution in [3.63, 3.8) is 0 Å². The number of unbranched alkanes of at least 4 members (excludes halogenated alkanes) is 1. The van der Waals surface area contributed by atoms with E-state index < -0.39 is 37.6 Å². The molecule has 9 nitrogen and oxygen atoms in total. The number of imide groups is 1. The van der Waals surface area contributed by atoms with Crippen molar-refractivity contribution in [2.45, 2.75) is 105 Å². The molecule has 1 atom stereocenters. The summed E-state index contributed by atoms with van der Waals surface area (Å²) in [6.45, 7) is 17.0. The van der Waals surface area contributed by atoms with E-state index in [1.165, 1.54) is 16.7 Å². The number of amides is 3. The Kier molecular flexibility index (Phi) is 18.0. The Morgan fingerprint density at radius 2 is 0.877 bits per heavy atom. The second-order valence-electron chi connectivity index (χ2n) is 21.2. The van der Waals surface area contributed by atoms with Gasteiger partial charge in [-0.3, -0.25) is 9.59 Å². The number of rotatable bonds is 23. The van der Waals surface area contributed by atoms with Crippen LogP contribution >= 0.6 is 23.5 Å². The number of benzene rings is 6. The molecule has 0 radical (unpaired) electrons. The maximum atomic E-state index is 15.3. The van der Waals surface area contributed by atoms with Crippen molar-refractivity contribution in [2.24, 2.45) is 0 Å². The molecule has 1 aliphatic heterocycles. The highest BCUT2D eigenvalue weighted by molar-refractivity contribution is 8.02. The third-order valence-corrected chi connectivity index (χ3v) is 16.5. The average molecular weight is 1020 g/mol. The molecule has 0 saturated carbocycles. The minimum atomic E-state index is -0.792. The fourth-order valence-electron chi connectivity index (χ4n) is 10.1. The number of hydrogen-bond acceptors (Lipinski definition) is 9. The van der Waals surface area contributed by atoms with Gasteiger partial charge in [0.05, 0.1) is 20.8 Å². The van der Waals surface area contributed by atoms with Crippen LogP contribution in [0, 0.1) is 0 Å². The molecule has 6 aromatic rings. The molecular weight excluding hydrogens is 947 g/mol. The van der Waals surface area contributed by atoms with Crippen molar-refractivity contribution in [3.8, 4) is 0 Å². The number of quaternary nitrogens is 1. The summed E-state index contributed by atoms with van der Waals surface area (Å²) in [5, 5.41) is 4.44. The molecule has 1 aliphatic rings. The summed E-state index contributed by atoms with van der Waals surface area (Å²) in [7, 11) is 0. The van der Waals surface area contributed by atoms with Gasteiger partial charge in [-0.25, -0.2) is 9.28 Å². The average Bonchev–Trinajstić information content (AvgIpc) is 3.70. The number of ether oxygens (including phenoxy) is 1. The lowest BCUT2D eigenvalue weighted by Crippen LogP contribution is -2.62. The van der Waals surface area contributed by atoms with Gasteiger partial charge in [0, 0.05) is 37.1 Å². The largest absolute Gasteiger partial charge is 0.516 e. The second kappa shape index (κ2) is 23.9. The predicted molar refractivity (Wildman–Crippen MR) is 297 cm³/mol. The van der Waals surface area contributed by atoms with E-state index in [-0.39, 0.29) is 34.6 Å². The van der Waals surface area contributed by atoms with Crippen LogP contribution in [0.25, 0.3) is 0 Å². The van der Waals surface area contributed by atoms with Crippen LogP contribution in [-0.4, -0.2) is 81.2 Å². The lowest BCUT2D eigenvalue weighted by molar-refractivity contribution is -0.859. The first-order valence-electron chi connectivity index (χ1n) is 25.5. The van der Waals surface area contributed by atoms with Crippen LogP contribution in [0.5, 0.6) is 0 Å². The van der Waals surface area contributed by atoms with E-state index in [4.69, 9.17) is 9.57 Å². The van der Waals surface area contributed by atoms with Crippen LogP contribution < -0.4 is 5.32 Å². The summed E-state index contributed by atoms with van der Waals surface area (Å²) < 4.78 is 4.28. The normalized spacial score (nSPS) is 14.4. The Hall–Kier alpha value is -5.98. The first-order chi connectivity index (χ1) is 34.9. The summed E-state index contributed by atoms with van der Waals surface area (Å²) in [6.07, 6.45) is 0.506. The van der Waals surface area contributed by atoms with Gasteiger partial charge in [-0.05, 0) is 94.7 Å². The van der Waals surface area contributed by atoms with Gasteiger partial charge in [-0.1, -0.05) is 182 Å². The number of hydroxylamine groups is 2. The number of thioether (sulfide) groups is 2. The van der Waals surface area contributed by atoms with Gasteiger partial charge in [-0.15, -0.1) is 28.6 Å². The number of nitrogens with zero attached hydrogens (tertiary/aromatic N) is 2. The van der Waals surface area contributed by atoms with E-state index in [9.17, 15) is 14.4 Å². The summed E-state index contributed by atoms with van der Waals surface area (Å²) in [6, 6.07) is 63.9. The monoisotopic (exact) mass is 1020 g/mol. The molecule has 1 heterocycles. The molecule has 3 amide bonds. The lowest BCUT2D eigenvalue weighted by Gasteiger charge is -2.46. The fourth-order valence-corrected chi connectivity index (χ4v) is 13.7. The molecule has 382 valence electrons. The number of nitrogens with one attached hydrogen (secondary N) is 1. The quantitative estimate of drug-likeness (QED) is 0.0291. The Morgan fingerprint density at radius 3 is 1.23 bits per heavy atom. The highest BCUT2D eigenvalue weighted by atomic mass is 32.2. The smallest absolute Gasteiger partial charge is 0.414 e. The molecule has 0 spiro atoms.